The zero-order chi connectivity index (χ0) is 8.91. The van der Waals surface area contributed by atoms with E-state index in [0.717, 1.165) is 0 Å². The molecule has 0 spiro atoms. The fraction of sp³-hybridized carbons (Fsp3) is 0. The normalized spacial score (nSPS) is 10.1. The smallest absolute Gasteiger partial charge is 0.368 e. The minimum absolute atomic E-state index is 0.356. The van der Waals surface area contributed by atoms with Crippen LogP contribution in [-0.4, -0.2) is 29.9 Å². The molecule has 0 saturated heterocycles. The molecule has 1 rings (SSSR count). The predicted molar refractivity (Wildman–Crippen MR) is 35.1 cm³/mol. The molecule has 0 radical (unpaired) electrons. The van der Waals surface area contributed by atoms with Crippen LogP contribution in [0.3, 0.4) is 0 Å². The summed E-state index contributed by atoms with van der Waals surface area (Å²) in [6.45, 7) is 0. The molecule has 0 atom stereocenters. The highest BCUT2D eigenvalue weighted by Gasteiger charge is 2.00. The van der Waals surface area contributed by atoms with E-state index in [9.17, 15) is 0 Å². The van der Waals surface area contributed by atoms with Crippen LogP contribution in [0.2, 0.25) is 0 Å². The van der Waals surface area contributed by atoms with Crippen molar-refractivity contribution in [2.75, 3.05) is 5.73 Å². The van der Waals surface area contributed by atoms with E-state index in [-0.39, 0.29) is 0 Å². The molecule has 9 heteroatoms. The number of aromatic nitrogens is 3. The van der Waals surface area contributed by atoms with Crippen molar-refractivity contribution in [1.82, 2.24) is 15.2 Å². The number of H-pyrrole nitrogens is 1. The summed E-state index contributed by atoms with van der Waals surface area (Å²) in [5.74, 6) is 0.356. The highest BCUT2D eigenvalue weighted by Crippen LogP contribution is 2.25. The van der Waals surface area contributed by atoms with Crippen LogP contribution in [-0.2, 0) is 4.57 Å². The molecule has 0 bridgehead atoms. The number of nitrogens with zero attached hydrogens (tertiary/aromatic N) is 2. The third kappa shape index (κ3) is 12.3. The monoisotopic (exact) mass is 182 g/mol. The molecule has 1 heterocycles. The van der Waals surface area contributed by atoms with Gasteiger partial charge in [-0.15, -0.1) is 0 Å². The molecule has 0 saturated carbocycles. The van der Waals surface area contributed by atoms with Crippen LogP contribution in [0.25, 0.3) is 0 Å². The Labute approximate surface area is 61.3 Å². The summed E-state index contributed by atoms with van der Waals surface area (Å²) >= 11 is 0. The largest absolute Gasteiger partial charge is 0.466 e. The zero-order valence-corrected chi connectivity index (χ0v) is 6.14. The third-order valence-corrected chi connectivity index (χ3v) is 0.434. The summed E-state index contributed by atoms with van der Waals surface area (Å²) in [5, 5.41) is 5.88. The third-order valence-electron chi connectivity index (χ3n) is 0.434. The molecule has 0 unspecified atom stereocenters. The van der Waals surface area contributed by atoms with E-state index in [2.05, 4.69) is 15.2 Å². The Morgan fingerprint density at radius 2 is 2.00 bits per heavy atom. The van der Waals surface area contributed by atoms with Crippen LogP contribution < -0.4 is 5.73 Å². The van der Waals surface area contributed by atoms with Gasteiger partial charge in [0.25, 0.3) is 0 Å². The summed E-state index contributed by atoms with van der Waals surface area (Å²) in [5.41, 5.74) is 5.05. The van der Waals surface area contributed by atoms with Crippen molar-refractivity contribution in [3.63, 3.8) is 0 Å². The lowest BCUT2D eigenvalue weighted by atomic mass is 11.1. The number of nitrogen functional groups attached to an aromatic ring is 1. The first-order valence-corrected chi connectivity index (χ1v) is 3.85. The second-order valence-corrected chi connectivity index (χ2v) is 2.41. The molecule has 6 N–H and O–H groups in total. The van der Waals surface area contributed by atoms with Gasteiger partial charge in [0.1, 0.15) is 6.33 Å². The summed E-state index contributed by atoms with van der Waals surface area (Å²) in [6.07, 6.45) is 1.36. The van der Waals surface area contributed by atoms with Crippen LogP contribution in [0.15, 0.2) is 6.33 Å². The Hall–Kier alpha value is -0.950. The van der Waals surface area contributed by atoms with Crippen molar-refractivity contribution >= 4 is 13.8 Å². The van der Waals surface area contributed by atoms with E-state index in [1.54, 1.807) is 0 Å². The summed E-state index contributed by atoms with van der Waals surface area (Å²) in [6, 6.07) is 0. The van der Waals surface area contributed by atoms with Gasteiger partial charge < -0.3 is 20.4 Å². The number of aromatic amines is 1. The first-order valence-electron chi connectivity index (χ1n) is 2.28. The lowest BCUT2D eigenvalue weighted by Gasteiger charge is -1.82. The standard InChI is InChI=1S/C2H4N4.H3O4P/c3-2-4-1-5-6-2;1-5(2,3)4/h1H,(H3,3,4,5,6);(H3,1,2,3,4). The lowest BCUT2D eigenvalue weighted by molar-refractivity contribution is 0.275. The zero-order valence-electron chi connectivity index (χ0n) is 5.25. The van der Waals surface area contributed by atoms with Crippen LogP contribution >= 0.6 is 7.82 Å². The molecule has 0 fully saturated rings. The molecule has 8 nitrogen and oxygen atoms in total. The molecule has 0 aliphatic heterocycles. The molecule has 1 aromatic heterocycles. The van der Waals surface area contributed by atoms with Crippen molar-refractivity contribution in [1.29, 1.82) is 0 Å². The Morgan fingerprint density at radius 3 is 2.09 bits per heavy atom. The summed E-state index contributed by atoms with van der Waals surface area (Å²) < 4.78 is 8.88. The molecule has 0 aromatic carbocycles. The van der Waals surface area contributed by atoms with Gasteiger partial charge in [-0.2, -0.15) is 5.10 Å². The van der Waals surface area contributed by atoms with E-state index in [1.165, 1.54) is 6.33 Å². The molecular formula is C2H7N4O4P. The number of rotatable bonds is 0. The van der Waals surface area contributed by atoms with Crippen LogP contribution in [0, 0.1) is 0 Å². The van der Waals surface area contributed by atoms with Crippen LogP contribution in [0.1, 0.15) is 0 Å². The van der Waals surface area contributed by atoms with E-state index in [4.69, 9.17) is 25.0 Å². The SMILES string of the molecule is Nc1ncn[nH]1.O=P(O)(O)O. The van der Waals surface area contributed by atoms with Crippen molar-refractivity contribution in [3.8, 4) is 0 Å². The van der Waals surface area contributed by atoms with Crippen molar-refractivity contribution < 1.29 is 19.2 Å². The van der Waals surface area contributed by atoms with Gasteiger partial charge in [-0.1, -0.05) is 0 Å². The molecule has 64 valence electrons. The Bertz CT molecular complexity index is 220. The topological polar surface area (TPSA) is 145 Å². The number of phosphoric acid groups is 1. The number of hydrogen-bond acceptors (Lipinski definition) is 4. The molecule has 1 aromatic rings. The van der Waals surface area contributed by atoms with Crippen molar-refractivity contribution in [3.05, 3.63) is 6.33 Å². The molecule has 0 aliphatic carbocycles. The van der Waals surface area contributed by atoms with Gasteiger partial charge in [-0.25, -0.2) is 14.6 Å². The molecule has 11 heavy (non-hydrogen) atoms. The van der Waals surface area contributed by atoms with Gasteiger partial charge in [-0.3, -0.25) is 0 Å². The maximum atomic E-state index is 8.88. The van der Waals surface area contributed by atoms with E-state index in [1.807, 2.05) is 0 Å². The quantitative estimate of drug-likeness (QED) is 0.305. The van der Waals surface area contributed by atoms with Crippen molar-refractivity contribution in [2.45, 2.75) is 0 Å². The Balaban J connectivity index is 0.000000187. The van der Waals surface area contributed by atoms with E-state index < -0.39 is 7.82 Å². The summed E-state index contributed by atoms with van der Waals surface area (Å²) in [7, 11) is -4.64. The second-order valence-electron chi connectivity index (χ2n) is 1.38. The molecular weight excluding hydrogens is 175 g/mol. The van der Waals surface area contributed by atoms with Gasteiger partial charge in [0, 0.05) is 0 Å². The number of nitrogens with one attached hydrogen (secondary N) is 1. The van der Waals surface area contributed by atoms with Crippen LogP contribution in [0.4, 0.5) is 5.95 Å². The highest BCUT2D eigenvalue weighted by molar-refractivity contribution is 7.45. The van der Waals surface area contributed by atoms with E-state index >= 15 is 0 Å². The average Bonchev–Trinajstić information content (AvgIpc) is 2.12. The maximum Gasteiger partial charge on any atom is 0.466 e. The lowest BCUT2D eigenvalue weighted by Crippen LogP contribution is -1.84. The minimum Gasteiger partial charge on any atom is -0.368 e. The number of anilines is 1. The average molecular weight is 182 g/mol. The summed E-state index contributed by atoms with van der Waals surface area (Å²) in [4.78, 5) is 25.1. The van der Waals surface area contributed by atoms with E-state index in [0.29, 0.717) is 5.95 Å². The maximum absolute atomic E-state index is 8.88. The highest BCUT2D eigenvalue weighted by atomic mass is 31.2. The minimum atomic E-state index is -4.64. The van der Waals surface area contributed by atoms with Crippen molar-refractivity contribution in [2.24, 2.45) is 0 Å². The van der Waals surface area contributed by atoms with Gasteiger partial charge in [0.05, 0.1) is 0 Å². The fourth-order valence-electron chi connectivity index (χ4n) is 0.215. The molecule has 0 amide bonds. The van der Waals surface area contributed by atoms with Crippen LogP contribution in [0.5, 0.6) is 0 Å². The number of hydrogen-bond donors (Lipinski definition) is 5. The van der Waals surface area contributed by atoms with Gasteiger partial charge in [-0.05, 0) is 0 Å². The van der Waals surface area contributed by atoms with Gasteiger partial charge in [0.2, 0.25) is 5.95 Å². The van der Waals surface area contributed by atoms with Gasteiger partial charge >= 0.3 is 7.82 Å². The predicted octanol–water partition coefficient (Wildman–Crippen LogP) is -1.54. The first kappa shape index (κ1) is 10.0. The van der Waals surface area contributed by atoms with Gasteiger partial charge in [0.15, 0.2) is 0 Å². The second kappa shape index (κ2) is 4.04. The Morgan fingerprint density at radius 1 is 1.55 bits per heavy atom. The fourth-order valence-corrected chi connectivity index (χ4v) is 0.215. The Kier molecular flexibility index (Phi) is 3.69. The number of nitrogens with two attached hydrogens (primary N) is 1. The molecule has 0 aliphatic rings. The first-order chi connectivity index (χ1) is 4.89.